The van der Waals surface area contributed by atoms with E-state index < -0.39 is 16.1 Å². The van der Waals surface area contributed by atoms with Crippen LogP contribution in [0.4, 0.5) is 0 Å². The average molecular weight is 326 g/mol. The minimum Gasteiger partial charge on any atom is -0.389 e. The number of aliphatic hydroxyl groups is 1. The molecule has 5 nitrogen and oxygen atoms in total. The van der Waals surface area contributed by atoms with Gasteiger partial charge < -0.3 is 5.11 Å². The lowest BCUT2D eigenvalue weighted by atomic mass is 10.1. The van der Waals surface area contributed by atoms with Crippen molar-refractivity contribution in [3.8, 4) is 0 Å². The van der Waals surface area contributed by atoms with Gasteiger partial charge in [-0.1, -0.05) is 19.1 Å². The molecule has 0 spiro atoms. The van der Waals surface area contributed by atoms with Crippen LogP contribution in [0.5, 0.6) is 0 Å². The second kappa shape index (κ2) is 6.65. The van der Waals surface area contributed by atoms with E-state index in [0.717, 1.165) is 5.01 Å². The van der Waals surface area contributed by atoms with E-state index in [2.05, 4.69) is 9.71 Å². The molecule has 0 aliphatic heterocycles. The normalized spacial score (nSPS) is 14.8. The van der Waals surface area contributed by atoms with E-state index >= 15 is 0 Å². The molecule has 0 bridgehead atoms. The molecule has 1 aromatic heterocycles. The van der Waals surface area contributed by atoms with E-state index in [-0.39, 0.29) is 17.4 Å². The van der Waals surface area contributed by atoms with Gasteiger partial charge in [-0.15, -0.1) is 11.3 Å². The van der Waals surface area contributed by atoms with Crippen LogP contribution in [0.2, 0.25) is 0 Å². The highest BCUT2D eigenvalue weighted by molar-refractivity contribution is 7.89. The van der Waals surface area contributed by atoms with Crippen molar-refractivity contribution in [1.29, 1.82) is 0 Å². The zero-order valence-corrected chi connectivity index (χ0v) is 13.5. The first-order valence-corrected chi connectivity index (χ1v) is 8.93. The van der Waals surface area contributed by atoms with Gasteiger partial charge in [0.25, 0.3) is 0 Å². The first-order chi connectivity index (χ1) is 9.90. The Labute approximate surface area is 128 Å². The molecule has 0 radical (unpaired) electrons. The fraction of sp³-hybridized carbons (Fsp3) is 0.357. The maximum atomic E-state index is 12.3. The molecule has 1 heterocycles. The zero-order valence-electron chi connectivity index (χ0n) is 11.9. The summed E-state index contributed by atoms with van der Waals surface area (Å²) in [6.07, 6.45) is 1.01. The van der Waals surface area contributed by atoms with Crippen LogP contribution in [0.25, 0.3) is 0 Å². The van der Waals surface area contributed by atoms with Gasteiger partial charge in [-0.05, 0) is 24.6 Å². The molecule has 21 heavy (non-hydrogen) atoms. The van der Waals surface area contributed by atoms with Gasteiger partial charge in [0.2, 0.25) is 10.0 Å². The summed E-state index contributed by atoms with van der Waals surface area (Å²) in [5, 5.41) is 12.3. The molecule has 0 aliphatic carbocycles. The van der Waals surface area contributed by atoms with Crippen LogP contribution >= 0.6 is 11.3 Å². The number of sulfonamides is 1. The summed E-state index contributed by atoms with van der Waals surface area (Å²) in [6.45, 7) is 3.81. The summed E-state index contributed by atoms with van der Waals surface area (Å²) in [5.41, 5.74) is 0.575. The van der Waals surface area contributed by atoms with Gasteiger partial charge in [-0.3, -0.25) is 0 Å². The highest BCUT2D eigenvalue weighted by Crippen LogP contribution is 2.19. The fourth-order valence-corrected chi connectivity index (χ4v) is 3.71. The lowest BCUT2D eigenvalue weighted by Gasteiger charge is -2.12. The molecule has 0 saturated heterocycles. The number of nitrogens with zero attached hydrogens (tertiary/aromatic N) is 1. The Bertz CT molecular complexity index is 682. The minimum absolute atomic E-state index is 0.0136. The molecule has 0 aliphatic rings. The quantitative estimate of drug-likeness (QED) is 0.853. The van der Waals surface area contributed by atoms with E-state index in [1.807, 2.05) is 12.3 Å². The molecular formula is C14H18N2O3S2. The van der Waals surface area contributed by atoms with Crippen LogP contribution in [0, 0.1) is 0 Å². The van der Waals surface area contributed by atoms with Crippen molar-refractivity contribution in [3.63, 3.8) is 0 Å². The molecule has 0 saturated carbocycles. The molecule has 7 heteroatoms. The van der Waals surface area contributed by atoms with Crippen LogP contribution in [0.3, 0.4) is 0 Å². The van der Waals surface area contributed by atoms with Crippen molar-refractivity contribution >= 4 is 21.4 Å². The second-order valence-corrected chi connectivity index (χ2v) is 7.56. The second-order valence-electron chi connectivity index (χ2n) is 4.87. The van der Waals surface area contributed by atoms with Gasteiger partial charge in [-0.25, -0.2) is 18.1 Å². The molecule has 0 fully saturated rings. The standard InChI is InChI=1S/C14H18N2O3S2/c1-10(14-15-6-7-20-14)9-16-21(18,19)13-5-3-4-12(8-13)11(2)17/h3-8,10-11,16-17H,9H2,1-2H3. The van der Waals surface area contributed by atoms with E-state index in [1.54, 1.807) is 25.3 Å². The van der Waals surface area contributed by atoms with Gasteiger partial charge >= 0.3 is 0 Å². The van der Waals surface area contributed by atoms with Crippen molar-refractivity contribution in [1.82, 2.24) is 9.71 Å². The van der Waals surface area contributed by atoms with Crippen LogP contribution in [0.1, 0.15) is 36.4 Å². The lowest BCUT2D eigenvalue weighted by Crippen LogP contribution is -2.27. The Kier molecular flexibility index (Phi) is 5.10. The molecule has 2 rings (SSSR count). The summed E-state index contributed by atoms with van der Waals surface area (Å²) >= 11 is 1.50. The van der Waals surface area contributed by atoms with E-state index in [1.165, 1.54) is 23.5 Å². The number of rotatable bonds is 6. The Morgan fingerprint density at radius 3 is 2.76 bits per heavy atom. The predicted octanol–water partition coefficient (Wildman–Crippen LogP) is 2.28. The van der Waals surface area contributed by atoms with Crippen molar-refractivity contribution in [3.05, 3.63) is 46.4 Å². The van der Waals surface area contributed by atoms with Crippen LogP contribution < -0.4 is 4.72 Å². The van der Waals surface area contributed by atoms with E-state index in [9.17, 15) is 13.5 Å². The van der Waals surface area contributed by atoms with Crippen molar-refractivity contribution in [2.75, 3.05) is 6.54 Å². The number of hydrogen-bond donors (Lipinski definition) is 2. The lowest BCUT2D eigenvalue weighted by molar-refractivity contribution is 0.199. The third kappa shape index (κ3) is 4.10. The number of thiazole rings is 1. The maximum Gasteiger partial charge on any atom is 0.240 e. The number of hydrogen-bond acceptors (Lipinski definition) is 5. The minimum atomic E-state index is -3.59. The van der Waals surface area contributed by atoms with Gasteiger partial charge in [0, 0.05) is 24.0 Å². The molecule has 2 unspecified atom stereocenters. The van der Waals surface area contributed by atoms with Crippen LogP contribution in [0.15, 0.2) is 40.7 Å². The highest BCUT2D eigenvalue weighted by Gasteiger charge is 2.17. The summed E-state index contributed by atoms with van der Waals surface area (Å²) in [7, 11) is -3.59. The average Bonchev–Trinajstić information content (AvgIpc) is 2.99. The SMILES string of the molecule is CC(O)c1cccc(S(=O)(=O)NCC(C)c2nccs2)c1. The Morgan fingerprint density at radius 1 is 1.38 bits per heavy atom. The van der Waals surface area contributed by atoms with Crippen molar-refractivity contribution in [2.45, 2.75) is 30.8 Å². The van der Waals surface area contributed by atoms with Crippen LogP contribution in [-0.2, 0) is 10.0 Å². The maximum absolute atomic E-state index is 12.3. The fourth-order valence-electron chi connectivity index (χ4n) is 1.82. The van der Waals surface area contributed by atoms with Gasteiger partial charge in [0.15, 0.2) is 0 Å². The summed E-state index contributed by atoms with van der Waals surface area (Å²) in [5.74, 6) is 0.0136. The van der Waals surface area contributed by atoms with E-state index in [4.69, 9.17) is 0 Å². The molecule has 1 aromatic carbocycles. The molecule has 0 amide bonds. The Morgan fingerprint density at radius 2 is 2.14 bits per heavy atom. The molecule has 2 aromatic rings. The monoisotopic (exact) mass is 326 g/mol. The first kappa shape index (κ1) is 16.1. The highest BCUT2D eigenvalue weighted by atomic mass is 32.2. The third-order valence-electron chi connectivity index (χ3n) is 3.10. The number of nitrogens with one attached hydrogen (secondary N) is 1. The third-order valence-corrected chi connectivity index (χ3v) is 5.53. The van der Waals surface area contributed by atoms with Crippen LogP contribution in [-0.4, -0.2) is 25.1 Å². The Hall–Kier alpha value is -1.28. The number of aliphatic hydroxyl groups excluding tert-OH is 1. The molecule has 2 N–H and O–H groups in total. The van der Waals surface area contributed by atoms with Gasteiger partial charge in [0.05, 0.1) is 16.0 Å². The van der Waals surface area contributed by atoms with Crippen molar-refractivity contribution < 1.29 is 13.5 Å². The van der Waals surface area contributed by atoms with E-state index in [0.29, 0.717) is 5.56 Å². The largest absolute Gasteiger partial charge is 0.389 e. The van der Waals surface area contributed by atoms with Gasteiger partial charge in [-0.2, -0.15) is 0 Å². The van der Waals surface area contributed by atoms with Crippen molar-refractivity contribution in [2.24, 2.45) is 0 Å². The predicted molar refractivity (Wildman–Crippen MR) is 82.8 cm³/mol. The summed E-state index contributed by atoms with van der Waals surface area (Å²) in [6, 6.07) is 6.33. The topological polar surface area (TPSA) is 79.3 Å². The first-order valence-electron chi connectivity index (χ1n) is 6.57. The smallest absolute Gasteiger partial charge is 0.240 e. The molecule has 114 valence electrons. The summed E-state index contributed by atoms with van der Waals surface area (Å²) < 4.78 is 27.1. The summed E-state index contributed by atoms with van der Waals surface area (Å²) in [4.78, 5) is 4.34. The molecule has 2 atom stereocenters. The zero-order chi connectivity index (χ0) is 15.5. The molecular weight excluding hydrogens is 308 g/mol. The Balaban J connectivity index is 2.10. The number of benzene rings is 1. The number of aromatic nitrogens is 1. The van der Waals surface area contributed by atoms with Gasteiger partial charge in [0.1, 0.15) is 0 Å².